The number of rotatable bonds is 6. The van der Waals surface area contributed by atoms with Crippen LogP contribution in [0.2, 0.25) is 0 Å². The number of benzene rings is 1. The Hall–Kier alpha value is -2.93. The standard InChI is InChI=1S/C25H29NO5S/c1-5-31-24(30)20-19(15-10-12-16(13-11-15)25(2,3)4)14-32-22(20)26-21(27)17-8-6-7-9-18(17)23(28)29/h6-7,10-14,17-18H,5,8-9H2,1-4H3,(H,26,27)(H,28,29)/t17-,18-/m1/s1. The molecule has 2 atom stereocenters. The predicted octanol–water partition coefficient (Wildman–Crippen LogP) is 5.49. The van der Waals surface area contributed by atoms with Crippen LogP contribution in [0.5, 0.6) is 0 Å². The van der Waals surface area contributed by atoms with Crippen molar-refractivity contribution in [2.24, 2.45) is 11.8 Å². The second-order valence-corrected chi connectivity index (χ2v) is 9.76. The average Bonchev–Trinajstić information content (AvgIpc) is 3.17. The van der Waals surface area contributed by atoms with E-state index in [1.54, 1.807) is 13.0 Å². The molecule has 2 aromatic rings. The molecule has 1 aromatic heterocycles. The third-order valence-electron chi connectivity index (χ3n) is 5.66. The number of carbonyl (C=O) groups is 3. The number of carboxylic acids is 1. The van der Waals surface area contributed by atoms with E-state index in [9.17, 15) is 19.5 Å². The van der Waals surface area contributed by atoms with Gasteiger partial charge in [0.05, 0.1) is 18.4 Å². The van der Waals surface area contributed by atoms with Gasteiger partial charge in [-0.2, -0.15) is 0 Å². The number of hydrogen-bond donors (Lipinski definition) is 2. The Labute approximate surface area is 192 Å². The van der Waals surface area contributed by atoms with E-state index in [2.05, 4.69) is 26.1 Å². The van der Waals surface area contributed by atoms with E-state index < -0.39 is 29.7 Å². The van der Waals surface area contributed by atoms with Gasteiger partial charge in [0.25, 0.3) is 0 Å². The molecule has 1 amide bonds. The van der Waals surface area contributed by atoms with Crippen molar-refractivity contribution in [1.29, 1.82) is 0 Å². The number of nitrogens with one attached hydrogen (secondary N) is 1. The molecule has 3 rings (SSSR count). The number of thiophene rings is 1. The first-order chi connectivity index (χ1) is 15.1. The molecular weight excluding hydrogens is 426 g/mol. The molecule has 32 heavy (non-hydrogen) atoms. The monoisotopic (exact) mass is 455 g/mol. The van der Waals surface area contributed by atoms with Crippen LogP contribution in [0.3, 0.4) is 0 Å². The van der Waals surface area contributed by atoms with Gasteiger partial charge in [-0.05, 0) is 36.3 Å². The quantitative estimate of drug-likeness (QED) is 0.443. The lowest BCUT2D eigenvalue weighted by atomic mass is 9.82. The molecule has 0 saturated heterocycles. The second-order valence-electron chi connectivity index (χ2n) is 8.88. The molecule has 1 aliphatic rings. The Morgan fingerprint density at radius 1 is 1.09 bits per heavy atom. The SMILES string of the molecule is CCOC(=O)c1c(-c2ccc(C(C)(C)C)cc2)csc1NC(=O)[C@@H]1CC=CC[C@H]1C(=O)O. The van der Waals surface area contributed by atoms with Crippen molar-refractivity contribution in [2.45, 2.75) is 46.0 Å². The molecule has 170 valence electrons. The highest BCUT2D eigenvalue weighted by Gasteiger charge is 2.35. The minimum atomic E-state index is -0.995. The number of carboxylic acid groups (broad SMARTS) is 1. The zero-order valence-electron chi connectivity index (χ0n) is 18.8. The number of hydrogen-bond acceptors (Lipinski definition) is 5. The zero-order valence-corrected chi connectivity index (χ0v) is 19.6. The van der Waals surface area contributed by atoms with E-state index >= 15 is 0 Å². The van der Waals surface area contributed by atoms with Crippen molar-refractivity contribution in [3.05, 3.63) is 52.9 Å². The number of esters is 1. The Bertz CT molecular complexity index is 1030. The maximum atomic E-state index is 13.0. The van der Waals surface area contributed by atoms with Crippen LogP contribution in [-0.2, 0) is 19.7 Å². The van der Waals surface area contributed by atoms with Gasteiger partial charge < -0.3 is 15.2 Å². The summed E-state index contributed by atoms with van der Waals surface area (Å²) >= 11 is 1.24. The van der Waals surface area contributed by atoms with Crippen LogP contribution >= 0.6 is 11.3 Å². The van der Waals surface area contributed by atoms with Gasteiger partial charge in [0, 0.05) is 10.9 Å². The van der Waals surface area contributed by atoms with Gasteiger partial charge >= 0.3 is 11.9 Å². The minimum absolute atomic E-state index is 0.00536. The van der Waals surface area contributed by atoms with Crippen molar-refractivity contribution in [1.82, 2.24) is 0 Å². The Morgan fingerprint density at radius 2 is 1.72 bits per heavy atom. The van der Waals surface area contributed by atoms with E-state index in [0.29, 0.717) is 29.0 Å². The fraction of sp³-hybridized carbons (Fsp3) is 0.400. The largest absolute Gasteiger partial charge is 0.481 e. The maximum absolute atomic E-state index is 13.0. The van der Waals surface area contributed by atoms with E-state index in [0.717, 1.165) is 5.56 Å². The summed E-state index contributed by atoms with van der Waals surface area (Å²) in [5.74, 6) is -3.38. The van der Waals surface area contributed by atoms with Crippen LogP contribution in [-0.4, -0.2) is 29.6 Å². The predicted molar refractivity (Wildman–Crippen MR) is 126 cm³/mol. The van der Waals surface area contributed by atoms with E-state index in [4.69, 9.17) is 4.74 Å². The van der Waals surface area contributed by atoms with Crippen molar-refractivity contribution < 1.29 is 24.2 Å². The van der Waals surface area contributed by atoms with Gasteiger partial charge in [-0.25, -0.2) is 4.79 Å². The summed E-state index contributed by atoms with van der Waals surface area (Å²) in [7, 11) is 0. The van der Waals surface area contributed by atoms with Gasteiger partial charge in [-0.1, -0.05) is 57.2 Å². The summed E-state index contributed by atoms with van der Waals surface area (Å²) in [6.45, 7) is 8.34. The zero-order chi connectivity index (χ0) is 23.5. The molecule has 0 unspecified atom stereocenters. The summed E-state index contributed by atoms with van der Waals surface area (Å²) in [5, 5.41) is 14.5. The van der Waals surface area contributed by atoms with Crippen molar-refractivity contribution >= 4 is 34.2 Å². The fourth-order valence-electron chi connectivity index (χ4n) is 3.80. The molecule has 0 bridgehead atoms. The van der Waals surface area contributed by atoms with Crippen molar-refractivity contribution in [3.63, 3.8) is 0 Å². The molecule has 0 spiro atoms. The molecule has 6 nitrogen and oxygen atoms in total. The molecule has 0 fully saturated rings. The molecule has 1 aliphatic carbocycles. The van der Waals surface area contributed by atoms with Crippen molar-refractivity contribution in [2.75, 3.05) is 11.9 Å². The maximum Gasteiger partial charge on any atom is 0.341 e. The highest BCUT2D eigenvalue weighted by Crippen LogP contribution is 2.38. The van der Waals surface area contributed by atoms with Crippen LogP contribution in [0.25, 0.3) is 11.1 Å². The van der Waals surface area contributed by atoms with Crippen LogP contribution < -0.4 is 5.32 Å². The van der Waals surface area contributed by atoms with Crippen LogP contribution in [0.15, 0.2) is 41.8 Å². The molecule has 0 saturated carbocycles. The molecule has 1 heterocycles. The Morgan fingerprint density at radius 3 is 2.28 bits per heavy atom. The number of amides is 1. The van der Waals surface area contributed by atoms with Crippen LogP contribution in [0.4, 0.5) is 5.00 Å². The lowest BCUT2D eigenvalue weighted by molar-refractivity contribution is -0.146. The van der Waals surface area contributed by atoms with E-state index in [1.165, 1.54) is 16.9 Å². The lowest BCUT2D eigenvalue weighted by Crippen LogP contribution is -2.34. The molecule has 1 aromatic carbocycles. The summed E-state index contributed by atoms with van der Waals surface area (Å²) in [6, 6.07) is 7.99. The van der Waals surface area contributed by atoms with E-state index in [1.807, 2.05) is 35.7 Å². The number of anilines is 1. The highest BCUT2D eigenvalue weighted by molar-refractivity contribution is 7.15. The molecule has 2 N–H and O–H groups in total. The smallest absolute Gasteiger partial charge is 0.341 e. The summed E-state index contributed by atoms with van der Waals surface area (Å²) < 4.78 is 5.26. The fourth-order valence-corrected chi connectivity index (χ4v) is 4.76. The molecule has 0 radical (unpaired) electrons. The Balaban J connectivity index is 1.94. The Kier molecular flexibility index (Phi) is 7.19. The number of ether oxygens (including phenoxy) is 1. The topological polar surface area (TPSA) is 92.7 Å². The summed E-state index contributed by atoms with van der Waals surface area (Å²) in [5.41, 5.74) is 3.01. The first-order valence-corrected chi connectivity index (χ1v) is 11.6. The number of aliphatic carboxylic acids is 1. The van der Waals surface area contributed by atoms with Gasteiger partial charge in [-0.3, -0.25) is 9.59 Å². The third kappa shape index (κ3) is 5.10. The van der Waals surface area contributed by atoms with Crippen LogP contribution in [0, 0.1) is 11.8 Å². The van der Waals surface area contributed by atoms with E-state index in [-0.39, 0.29) is 12.0 Å². The first kappa shape index (κ1) is 23.7. The highest BCUT2D eigenvalue weighted by atomic mass is 32.1. The lowest BCUT2D eigenvalue weighted by Gasteiger charge is -2.24. The third-order valence-corrected chi connectivity index (χ3v) is 6.55. The summed E-state index contributed by atoms with van der Waals surface area (Å²) in [4.78, 5) is 37.4. The van der Waals surface area contributed by atoms with Crippen molar-refractivity contribution in [3.8, 4) is 11.1 Å². The molecular formula is C25H29NO5S. The van der Waals surface area contributed by atoms with Gasteiger partial charge in [-0.15, -0.1) is 11.3 Å². The molecule has 7 heteroatoms. The second kappa shape index (κ2) is 9.69. The summed E-state index contributed by atoms with van der Waals surface area (Å²) in [6.07, 6.45) is 4.28. The normalized spacial score (nSPS) is 18.2. The number of carbonyl (C=O) groups excluding carboxylic acids is 2. The van der Waals surface area contributed by atoms with Crippen LogP contribution in [0.1, 0.15) is 56.5 Å². The average molecular weight is 456 g/mol. The number of allylic oxidation sites excluding steroid dienone is 2. The van der Waals surface area contributed by atoms with Gasteiger partial charge in [0.2, 0.25) is 5.91 Å². The minimum Gasteiger partial charge on any atom is -0.481 e. The molecule has 0 aliphatic heterocycles. The first-order valence-electron chi connectivity index (χ1n) is 10.7. The van der Waals surface area contributed by atoms with Gasteiger partial charge in [0.1, 0.15) is 10.6 Å². The van der Waals surface area contributed by atoms with Gasteiger partial charge in [0.15, 0.2) is 0 Å².